The molecule has 0 aliphatic carbocycles. The molecule has 0 fully saturated rings. The Balaban J connectivity index is 2.44. The number of nitrogen functional groups attached to an aromatic ring is 1. The molecule has 0 saturated heterocycles. The molecule has 1 aromatic rings. The molecular weight excluding hydrogens is 332 g/mol. The van der Waals surface area contributed by atoms with Gasteiger partial charge in [-0.1, -0.05) is 11.6 Å². The Labute approximate surface area is 142 Å². The molecule has 2 heterocycles. The smallest absolute Gasteiger partial charge is 0.367 e. The van der Waals surface area contributed by atoms with Gasteiger partial charge < -0.3 is 16.0 Å². The number of pyridine rings is 1. The third-order valence-corrected chi connectivity index (χ3v) is 3.91. The molecule has 2 rings (SSSR count). The molecule has 0 saturated carbocycles. The number of hydrogen-bond acceptors (Lipinski definition) is 6. The molecule has 0 amide bonds. The van der Waals surface area contributed by atoms with E-state index in [0.717, 1.165) is 36.3 Å². The number of aromatic nitrogens is 1. The van der Waals surface area contributed by atoms with Crippen molar-refractivity contribution in [1.82, 2.24) is 0 Å². The van der Waals surface area contributed by atoms with Crippen molar-refractivity contribution < 1.29 is 22.0 Å². The van der Waals surface area contributed by atoms with Gasteiger partial charge in [0.15, 0.2) is 0 Å². The van der Waals surface area contributed by atoms with Gasteiger partial charge in [-0.2, -0.15) is 8.42 Å². The van der Waals surface area contributed by atoms with Crippen molar-refractivity contribution in [2.45, 2.75) is 39.7 Å². The Kier molecular flexibility index (Phi) is 5.55. The standard InChI is InChI=1S/C15H24N4O4S/c1-11(2)17-15-9-13(18-7-5-4-6-12(3)10-18)8-14(16)19(15)23-24(20,21)22/h6,8-9,11H,4-5,7,10H2,1-3H3,(H3,16,17,20,21,22)/p+1. The van der Waals surface area contributed by atoms with E-state index in [2.05, 4.69) is 27.5 Å². The van der Waals surface area contributed by atoms with Gasteiger partial charge in [0.05, 0.1) is 11.7 Å². The van der Waals surface area contributed by atoms with Gasteiger partial charge in [0.2, 0.25) is 0 Å². The quantitative estimate of drug-likeness (QED) is 0.412. The lowest BCUT2D eigenvalue weighted by atomic mass is 10.2. The van der Waals surface area contributed by atoms with Crippen molar-refractivity contribution in [2.75, 3.05) is 29.0 Å². The van der Waals surface area contributed by atoms with Crippen LogP contribution in [0.3, 0.4) is 0 Å². The fraction of sp³-hybridized carbons (Fsp3) is 0.533. The summed E-state index contributed by atoms with van der Waals surface area (Å²) in [5.41, 5.74) is 8.10. The zero-order valence-corrected chi connectivity index (χ0v) is 15.0. The average molecular weight is 357 g/mol. The number of hydrogen-bond donors (Lipinski definition) is 3. The fourth-order valence-electron chi connectivity index (χ4n) is 2.64. The summed E-state index contributed by atoms with van der Waals surface area (Å²) in [5.74, 6) is 0.419. The predicted octanol–water partition coefficient (Wildman–Crippen LogP) is 1.15. The van der Waals surface area contributed by atoms with Crippen molar-refractivity contribution in [3.8, 4) is 0 Å². The number of rotatable bonds is 5. The van der Waals surface area contributed by atoms with E-state index in [0.29, 0.717) is 5.82 Å². The van der Waals surface area contributed by atoms with Gasteiger partial charge in [-0.25, -0.2) is 4.28 Å². The summed E-state index contributed by atoms with van der Waals surface area (Å²) in [4.78, 5) is 2.18. The Morgan fingerprint density at radius 2 is 2.12 bits per heavy atom. The molecule has 0 atom stereocenters. The summed E-state index contributed by atoms with van der Waals surface area (Å²) in [6.45, 7) is 7.54. The molecule has 1 aliphatic heterocycles. The monoisotopic (exact) mass is 357 g/mol. The van der Waals surface area contributed by atoms with Crippen LogP contribution in [-0.2, 0) is 10.4 Å². The molecule has 134 valence electrons. The fourth-order valence-corrected chi connectivity index (χ4v) is 3.00. The Hall–Kier alpha value is -2.00. The molecular formula is C15H25N4O4S+. The van der Waals surface area contributed by atoms with Gasteiger partial charge in [0, 0.05) is 25.2 Å². The molecule has 0 unspecified atom stereocenters. The topological polar surface area (TPSA) is 109 Å². The van der Waals surface area contributed by atoms with Crippen molar-refractivity contribution in [3.05, 3.63) is 23.8 Å². The van der Waals surface area contributed by atoms with Crippen LogP contribution < -0.4 is 25.0 Å². The molecule has 0 aromatic carbocycles. The van der Waals surface area contributed by atoms with E-state index in [-0.39, 0.29) is 11.9 Å². The van der Waals surface area contributed by atoms with E-state index in [9.17, 15) is 8.42 Å². The Bertz CT molecular complexity index is 731. The number of allylic oxidation sites excluding steroid dienone is 1. The second kappa shape index (κ2) is 7.27. The van der Waals surface area contributed by atoms with E-state index < -0.39 is 10.4 Å². The van der Waals surface area contributed by atoms with Gasteiger partial charge in [0.1, 0.15) is 0 Å². The van der Waals surface area contributed by atoms with E-state index >= 15 is 0 Å². The van der Waals surface area contributed by atoms with Crippen LogP contribution in [0.1, 0.15) is 33.6 Å². The maximum absolute atomic E-state index is 11.1. The van der Waals surface area contributed by atoms with Crippen LogP contribution in [0.4, 0.5) is 17.3 Å². The van der Waals surface area contributed by atoms with E-state index in [1.165, 1.54) is 5.57 Å². The minimum absolute atomic E-state index is 0.0154. The van der Waals surface area contributed by atoms with Gasteiger partial charge in [-0.05, 0) is 38.3 Å². The molecule has 1 aliphatic rings. The molecule has 0 radical (unpaired) electrons. The van der Waals surface area contributed by atoms with Crippen molar-refractivity contribution >= 4 is 27.7 Å². The van der Waals surface area contributed by atoms with Crippen LogP contribution in [-0.4, -0.2) is 32.1 Å². The molecule has 9 heteroatoms. The van der Waals surface area contributed by atoms with Crippen LogP contribution in [0.15, 0.2) is 23.8 Å². The normalized spacial score (nSPS) is 15.9. The van der Waals surface area contributed by atoms with Crippen LogP contribution >= 0.6 is 0 Å². The van der Waals surface area contributed by atoms with Crippen LogP contribution in [0.2, 0.25) is 0 Å². The summed E-state index contributed by atoms with van der Waals surface area (Å²) < 4.78 is 36.6. The summed E-state index contributed by atoms with van der Waals surface area (Å²) in [6, 6.07) is 3.41. The minimum Gasteiger partial charge on any atom is -0.367 e. The first-order valence-electron chi connectivity index (χ1n) is 7.86. The zero-order chi connectivity index (χ0) is 17.9. The third kappa shape index (κ3) is 5.00. The van der Waals surface area contributed by atoms with Crippen LogP contribution in [0.25, 0.3) is 0 Å². The lowest BCUT2D eigenvalue weighted by Gasteiger charge is -2.24. The number of nitrogens with zero attached hydrogens (tertiary/aromatic N) is 2. The lowest BCUT2D eigenvalue weighted by Crippen LogP contribution is -2.50. The first kappa shape index (κ1) is 18.3. The van der Waals surface area contributed by atoms with Gasteiger partial charge >= 0.3 is 10.4 Å². The average Bonchev–Trinajstić information content (AvgIpc) is 2.65. The highest BCUT2D eigenvalue weighted by atomic mass is 32.3. The zero-order valence-electron chi connectivity index (χ0n) is 14.2. The van der Waals surface area contributed by atoms with Crippen molar-refractivity contribution in [3.63, 3.8) is 0 Å². The van der Waals surface area contributed by atoms with Crippen LogP contribution in [0.5, 0.6) is 0 Å². The first-order chi connectivity index (χ1) is 11.2. The number of anilines is 3. The largest absolute Gasteiger partial charge is 0.476 e. The summed E-state index contributed by atoms with van der Waals surface area (Å²) in [6.07, 6.45) is 4.29. The van der Waals surface area contributed by atoms with Crippen molar-refractivity contribution in [2.24, 2.45) is 0 Å². The van der Waals surface area contributed by atoms with E-state index in [1.807, 2.05) is 13.8 Å². The molecule has 1 aromatic heterocycles. The molecule has 8 nitrogen and oxygen atoms in total. The molecule has 24 heavy (non-hydrogen) atoms. The maximum Gasteiger partial charge on any atom is 0.476 e. The van der Waals surface area contributed by atoms with E-state index in [1.54, 1.807) is 12.1 Å². The minimum atomic E-state index is -4.69. The number of nitrogens with two attached hydrogens (primary N) is 1. The molecule has 4 N–H and O–H groups in total. The highest BCUT2D eigenvalue weighted by molar-refractivity contribution is 7.80. The van der Waals surface area contributed by atoms with E-state index in [4.69, 9.17) is 10.3 Å². The Morgan fingerprint density at radius 3 is 2.75 bits per heavy atom. The Morgan fingerprint density at radius 1 is 1.42 bits per heavy atom. The lowest BCUT2D eigenvalue weighted by molar-refractivity contribution is -0.833. The number of nitrogens with one attached hydrogen (secondary N) is 1. The second-order valence-corrected chi connectivity index (χ2v) is 7.24. The summed E-state index contributed by atoms with van der Waals surface area (Å²) in [7, 11) is -4.69. The van der Waals surface area contributed by atoms with Gasteiger partial charge in [0.25, 0.3) is 11.6 Å². The highest BCUT2D eigenvalue weighted by Gasteiger charge is 2.23. The first-order valence-corrected chi connectivity index (χ1v) is 9.22. The summed E-state index contributed by atoms with van der Waals surface area (Å²) >= 11 is 0. The van der Waals surface area contributed by atoms with Crippen molar-refractivity contribution in [1.29, 1.82) is 0 Å². The third-order valence-electron chi connectivity index (χ3n) is 3.57. The van der Waals surface area contributed by atoms with Gasteiger partial charge in [-0.15, -0.1) is 0 Å². The summed E-state index contributed by atoms with van der Waals surface area (Å²) in [5, 5.41) is 3.08. The predicted molar refractivity (Wildman–Crippen MR) is 93.1 cm³/mol. The molecule has 0 spiro atoms. The van der Waals surface area contributed by atoms with Gasteiger partial charge in [-0.3, -0.25) is 4.55 Å². The maximum atomic E-state index is 11.1. The van der Waals surface area contributed by atoms with Crippen LogP contribution in [0, 0.1) is 0 Å². The molecule has 0 bridgehead atoms. The highest BCUT2D eigenvalue weighted by Crippen LogP contribution is 2.23. The second-order valence-electron chi connectivity index (χ2n) is 6.23. The SMILES string of the molecule is CC1=CCCCN(c2cc(N)[n+](OS(=O)(=O)O)c(NC(C)C)c2)C1.